The molecule has 0 saturated heterocycles. The van der Waals surface area contributed by atoms with E-state index in [-0.39, 0.29) is 35.0 Å². The SMILES string of the molecule is COC(=O)c1ccoc1COC(=O)c1ccc(-c2ccccc2F)o1. The highest BCUT2D eigenvalue weighted by Gasteiger charge is 2.19. The fourth-order valence-corrected chi connectivity index (χ4v) is 2.20. The van der Waals surface area contributed by atoms with E-state index in [1.54, 1.807) is 12.1 Å². The van der Waals surface area contributed by atoms with Gasteiger partial charge in [-0.15, -0.1) is 0 Å². The van der Waals surface area contributed by atoms with E-state index in [1.807, 2.05) is 0 Å². The molecule has 128 valence electrons. The summed E-state index contributed by atoms with van der Waals surface area (Å²) >= 11 is 0. The van der Waals surface area contributed by atoms with Crippen LogP contribution >= 0.6 is 0 Å². The molecular weight excluding hydrogens is 331 g/mol. The third kappa shape index (κ3) is 3.45. The van der Waals surface area contributed by atoms with Crippen LogP contribution in [0.1, 0.15) is 26.7 Å². The number of halogens is 1. The van der Waals surface area contributed by atoms with E-state index in [0.29, 0.717) is 0 Å². The summed E-state index contributed by atoms with van der Waals surface area (Å²) in [7, 11) is 1.23. The Kier molecular flexibility index (Phi) is 4.65. The standard InChI is InChI=1S/C18H13FO6/c1-22-17(20)12-8-9-23-16(12)10-24-18(21)15-7-6-14(25-15)11-4-2-3-5-13(11)19/h2-9H,10H2,1H3. The second kappa shape index (κ2) is 7.04. The summed E-state index contributed by atoms with van der Waals surface area (Å²) in [5, 5.41) is 0. The average molecular weight is 344 g/mol. The minimum Gasteiger partial charge on any atom is -0.465 e. The first-order valence-corrected chi connectivity index (χ1v) is 7.26. The Hall–Kier alpha value is -3.35. The molecule has 0 N–H and O–H groups in total. The van der Waals surface area contributed by atoms with Gasteiger partial charge in [-0.1, -0.05) is 12.1 Å². The smallest absolute Gasteiger partial charge is 0.374 e. The molecule has 3 rings (SSSR count). The molecule has 0 aliphatic rings. The number of furan rings is 2. The zero-order valence-electron chi connectivity index (χ0n) is 13.2. The van der Waals surface area contributed by atoms with Crippen molar-refractivity contribution in [3.05, 3.63) is 71.6 Å². The first-order chi connectivity index (χ1) is 12.1. The van der Waals surface area contributed by atoms with E-state index in [0.717, 1.165) is 0 Å². The number of rotatable bonds is 5. The molecule has 0 aliphatic heterocycles. The second-order valence-corrected chi connectivity index (χ2v) is 4.97. The molecule has 6 nitrogen and oxygen atoms in total. The summed E-state index contributed by atoms with van der Waals surface area (Å²) in [5.41, 5.74) is 0.405. The Morgan fingerprint density at radius 1 is 1.08 bits per heavy atom. The highest BCUT2D eigenvalue weighted by Crippen LogP contribution is 2.25. The van der Waals surface area contributed by atoms with Crippen molar-refractivity contribution in [3.8, 4) is 11.3 Å². The number of ether oxygens (including phenoxy) is 2. The molecule has 7 heteroatoms. The van der Waals surface area contributed by atoms with Gasteiger partial charge in [0.15, 0.2) is 12.4 Å². The molecule has 1 aromatic carbocycles. The summed E-state index contributed by atoms with van der Waals surface area (Å²) in [5.74, 6) is -1.56. The summed E-state index contributed by atoms with van der Waals surface area (Å²) in [6.07, 6.45) is 1.29. The van der Waals surface area contributed by atoms with Crippen molar-refractivity contribution in [2.75, 3.05) is 7.11 Å². The molecule has 3 aromatic rings. The molecule has 0 unspecified atom stereocenters. The van der Waals surface area contributed by atoms with Gasteiger partial charge in [-0.3, -0.25) is 0 Å². The number of hydrogen-bond acceptors (Lipinski definition) is 6. The number of carbonyl (C=O) groups is 2. The number of carbonyl (C=O) groups excluding carboxylic acids is 2. The molecule has 0 amide bonds. The Morgan fingerprint density at radius 2 is 1.88 bits per heavy atom. The fraction of sp³-hybridized carbons (Fsp3) is 0.111. The van der Waals surface area contributed by atoms with Crippen LogP contribution in [0.2, 0.25) is 0 Å². The molecule has 25 heavy (non-hydrogen) atoms. The van der Waals surface area contributed by atoms with Crippen molar-refractivity contribution in [3.63, 3.8) is 0 Å². The predicted octanol–water partition coefficient (Wildman–Crippen LogP) is 3.82. The lowest BCUT2D eigenvalue weighted by molar-refractivity contribution is 0.0399. The van der Waals surface area contributed by atoms with Crippen molar-refractivity contribution in [2.45, 2.75) is 6.61 Å². The highest BCUT2D eigenvalue weighted by molar-refractivity contribution is 5.90. The molecule has 0 radical (unpaired) electrons. The van der Waals surface area contributed by atoms with Crippen LogP contribution in [0, 0.1) is 5.82 Å². The minimum atomic E-state index is -0.769. The third-order valence-electron chi connectivity index (χ3n) is 3.43. The molecule has 0 spiro atoms. The molecule has 0 bridgehead atoms. The highest BCUT2D eigenvalue weighted by atomic mass is 19.1. The van der Waals surface area contributed by atoms with Crippen molar-refractivity contribution >= 4 is 11.9 Å². The van der Waals surface area contributed by atoms with Gasteiger partial charge in [0.25, 0.3) is 0 Å². The first-order valence-electron chi connectivity index (χ1n) is 7.26. The monoisotopic (exact) mass is 344 g/mol. The molecule has 2 aromatic heterocycles. The molecular formula is C18H13FO6. The topological polar surface area (TPSA) is 78.9 Å². The van der Waals surface area contributed by atoms with Gasteiger partial charge >= 0.3 is 11.9 Å². The molecule has 0 fully saturated rings. The number of esters is 2. The molecule has 0 aliphatic carbocycles. The van der Waals surface area contributed by atoms with Gasteiger partial charge < -0.3 is 18.3 Å². The van der Waals surface area contributed by atoms with Gasteiger partial charge in [0, 0.05) is 0 Å². The molecule has 0 atom stereocenters. The lowest BCUT2D eigenvalue weighted by Gasteiger charge is -2.03. The van der Waals surface area contributed by atoms with E-state index in [4.69, 9.17) is 13.6 Å². The normalized spacial score (nSPS) is 10.5. The van der Waals surface area contributed by atoms with E-state index >= 15 is 0 Å². The number of hydrogen-bond donors (Lipinski definition) is 0. The lowest BCUT2D eigenvalue weighted by Crippen LogP contribution is -2.07. The van der Waals surface area contributed by atoms with E-state index in [2.05, 4.69) is 4.74 Å². The van der Waals surface area contributed by atoms with E-state index in [9.17, 15) is 14.0 Å². The maximum absolute atomic E-state index is 13.7. The average Bonchev–Trinajstić information content (AvgIpc) is 3.29. The number of benzene rings is 1. The van der Waals surface area contributed by atoms with Crippen LogP contribution in [-0.4, -0.2) is 19.0 Å². The Labute approximate surface area is 141 Å². The Balaban J connectivity index is 1.70. The summed E-state index contributed by atoms with van der Waals surface area (Å²) in [4.78, 5) is 23.6. The van der Waals surface area contributed by atoms with Crippen molar-refractivity contribution in [2.24, 2.45) is 0 Å². The quantitative estimate of drug-likeness (QED) is 0.655. The fourth-order valence-electron chi connectivity index (χ4n) is 2.20. The minimum absolute atomic E-state index is 0.0931. The maximum Gasteiger partial charge on any atom is 0.374 e. The van der Waals surface area contributed by atoms with Gasteiger partial charge in [0.1, 0.15) is 17.1 Å². The van der Waals surface area contributed by atoms with Gasteiger partial charge in [0.2, 0.25) is 5.76 Å². The van der Waals surface area contributed by atoms with Crippen LogP contribution in [0.15, 0.2) is 57.6 Å². The maximum atomic E-state index is 13.7. The van der Waals surface area contributed by atoms with Crippen LogP contribution in [-0.2, 0) is 16.1 Å². The molecule has 2 heterocycles. The van der Waals surface area contributed by atoms with Crippen LogP contribution in [0.5, 0.6) is 0 Å². The Bertz CT molecular complexity index is 908. The van der Waals surface area contributed by atoms with Crippen molar-refractivity contribution in [1.82, 2.24) is 0 Å². The van der Waals surface area contributed by atoms with E-state index in [1.165, 1.54) is 43.7 Å². The van der Waals surface area contributed by atoms with Crippen LogP contribution in [0.25, 0.3) is 11.3 Å². The van der Waals surface area contributed by atoms with Crippen molar-refractivity contribution < 1.29 is 32.3 Å². The van der Waals surface area contributed by atoms with Crippen LogP contribution < -0.4 is 0 Å². The van der Waals surface area contributed by atoms with Crippen molar-refractivity contribution in [1.29, 1.82) is 0 Å². The van der Waals surface area contributed by atoms with Gasteiger partial charge in [0.05, 0.1) is 18.9 Å². The summed E-state index contributed by atoms with van der Waals surface area (Å²) < 4.78 is 33.8. The summed E-state index contributed by atoms with van der Waals surface area (Å²) in [6, 6.07) is 10.3. The molecule has 0 saturated carbocycles. The summed E-state index contributed by atoms with van der Waals surface area (Å²) in [6.45, 7) is -0.272. The van der Waals surface area contributed by atoms with Crippen LogP contribution in [0.3, 0.4) is 0 Å². The number of methoxy groups -OCH3 is 1. The second-order valence-electron chi connectivity index (χ2n) is 4.97. The van der Waals surface area contributed by atoms with E-state index < -0.39 is 17.8 Å². The zero-order chi connectivity index (χ0) is 17.8. The van der Waals surface area contributed by atoms with Gasteiger partial charge in [-0.25, -0.2) is 14.0 Å². The van der Waals surface area contributed by atoms with Gasteiger partial charge in [-0.05, 0) is 30.3 Å². The largest absolute Gasteiger partial charge is 0.465 e. The predicted molar refractivity (Wildman–Crippen MR) is 83.3 cm³/mol. The Morgan fingerprint density at radius 3 is 2.64 bits per heavy atom. The van der Waals surface area contributed by atoms with Crippen LogP contribution in [0.4, 0.5) is 4.39 Å². The first kappa shape index (κ1) is 16.5. The lowest BCUT2D eigenvalue weighted by atomic mass is 10.1. The zero-order valence-corrected chi connectivity index (χ0v) is 13.2. The van der Waals surface area contributed by atoms with Gasteiger partial charge in [-0.2, -0.15) is 0 Å². The third-order valence-corrected chi connectivity index (χ3v) is 3.43.